The minimum Gasteiger partial charge on any atom is -0.259 e. The maximum atomic E-state index is 12.2. The van der Waals surface area contributed by atoms with E-state index in [0.29, 0.717) is 6.42 Å². The Balaban J connectivity index is 2.13. The molecule has 0 saturated carbocycles. The molecule has 0 radical (unpaired) electrons. The quantitative estimate of drug-likeness (QED) is 0.602. The molecule has 1 aliphatic carbocycles. The minimum atomic E-state index is -5.52. The molecule has 0 fully saturated rings. The summed E-state index contributed by atoms with van der Waals surface area (Å²) in [7, 11) is -5.52. The molecule has 0 heterocycles. The van der Waals surface area contributed by atoms with Crippen LogP contribution in [-0.2, 0) is 27.1 Å². The minimum absolute atomic E-state index is 0.165. The van der Waals surface area contributed by atoms with E-state index in [1.54, 1.807) is 12.1 Å². The topological polar surface area (TPSA) is 43.4 Å². The van der Waals surface area contributed by atoms with E-state index in [1.807, 2.05) is 6.07 Å². The first-order chi connectivity index (χ1) is 8.69. The highest BCUT2D eigenvalue weighted by Gasteiger charge is 2.48. The van der Waals surface area contributed by atoms with Crippen LogP contribution in [-0.4, -0.2) is 20.0 Å². The van der Waals surface area contributed by atoms with Crippen molar-refractivity contribution in [3.63, 3.8) is 0 Å². The average molecular weight is 359 g/mol. The highest BCUT2D eigenvalue weighted by molar-refractivity contribution is 9.10. The van der Waals surface area contributed by atoms with E-state index in [-0.39, 0.29) is 12.8 Å². The molecule has 1 aromatic rings. The molecular formula is C11H10BrF3O3S. The van der Waals surface area contributed by atoms with Crippen molar-refractivity contribution in [3.05, 3.63) is 33.8 Å². The third-order valence-corrected chi connectivity index (χ3v) is 4.48. The smallest absolute Gasteiger partial charge is 0.259 e. The molecule has 1 aromatic carbocycles. The van der Waals surface area contributed by atoms with Crippen molar-refractivity contribution in [2.75, 3.05) is 0 Å². The standard InChI is InChI=1S/C11H10BrF3O3S/c12-9-3-1-8-6-10(4-2-7(8)5-9)18-19(16,17)11(13,14)15/h1,3,5,10H,2,4,6H2. The second kappa shape index (κ2) is 5.06. The molecule has 0 N–H and O–H groups in total. The van der Waals surface area contributed by atoms with Gasteiger partial charge in [0.2, 0.25) is 0 Å². The van der Waals surface area contributed by atoms with Crippen LogP contribution < -0.4 is 0 Å². The van der Waals surface area contributed by atoms with Crippen LogP contribution in [0.5, 0.6) is 0 Å². The van der Waals surface area contributed by atoms with Gasteiger partial charge >= 0.3 is 15.6 Å². The second-order valence-corrected chi connectivity index (χ2v) is 6.75. The van der Waals surface area contributed by atoms with Crippen molar-refractivity contribution in [2.45, 2.75) is 30.9 Å². The van der Waals surface area contributed by atoms with E-state index in [4.69, 9.17) is 0 Å². The number of benzene rings is 1. The summed E-state index contributed by atoms with van der Waals surface area (Å²) in [5, 5.41) is 0. The number of hydrogen-bond donors (Lipinski definition) is 0. The van der Waals surface area contributed by atoms with Gasteiger partial charge in [-0.25, -0.2) is 0 Å². The molecule has 0 saturated heterocycles. The summed E-state index contributed by atoms with van der Waals surface area (Å²) in [5.41, 5.74) is -3.55. The molecule has 106 valence electrons. The van der Waals surface area contributed by atoms with Gasteiger partial charge in [0.15, 0.2) is 0 Å². The van der Waals surface area contributed by atoms with E-state index in [9.17, 15) is 21.6 Å². The summed E-state index contributed by atoms with van der Waals surface area (Å²) in [6.45, 7) is 0. The van der Waals surface area contributed by atoms with Gasteiger partial charge in [0.25, 0.3) is 0 Å². The summed E-state index contributed by atoms with van der Waals surface area (Å²) in [6, 6.07) is 5.40. The van der Waals surface area contributed by atoms with Gasteiger partial charge < -0.3 is 0 Å². The molecule has 1 aliphatic rings. The zero-order chi connectivity index (χ0) is 14.3. The van der Waals surface area contributed by atoms with Crippen LogP contribution in [0.1, 0.15) is 17.5 Å². The van der Waals surface area contributed by atoms with E-state index >= 15 is 0 Å². The van der Waals surface area contributed by atoms with Crippen molar-refractivity contribution in [3.8, 4) is 0 Å². The van der Waals surface area contributed by atoms with Crippen molar-refractivity contribution in [2.24, 2.45) is 0 Å². The van der Waals surface area contributed by atoms with Gasteiger partial charge in [0.05, 0.1) is 6.10 Å². The van der Waals surface area contributed by atoms with E-state index in [0.717, 1.165) is 15.6 Å². The van der Waals surface area contributed by atoms with Crippen LogP contribution >= 0.6 is 15.9 Å². The fourth-order valence-electron chi connectivity index (χ4n) is 2.01. The van der Waals surface area contributed by atoms with Gasteiger partial charge in [-0.1, -0.05) is 22.0 Å². The SMILES string of the molecule is O=S(=O)(OC1CCc2cc(Br)ccc2C1)C(F)(F)F. The van der Waals surface area contributed by atoms with Gasteiger partial charge in [0, 0.05) is 10.9 Å². The zero-order valence-corrected chi connectivity index (χ0v) is 12.0. The molecule has 0 spiro atoms. The van der Waals surface area contributed by atoms with E-state index in [2.05, 4.69) is 20.1 Å². The third kappa shape index (κ3) is 3.29. The Kier molecular flexibility index (Phi) is 3.95. The lowest BCUT2D eigenvalue weighted by Gasteiger charge is -2.24. The fourth-order valence-corrected chi connectivity index (χ4v) is 3.05. The van der Waals surface area contributed by atoms with Crippen LogP contribution in [0, 0.1) is 0 Å². The maximum absolute atomic E-state index is 12.2. The number of hydrogen-bond acceptors (Lipinski definition) is 3. The van der Waals surface area contributed by atoms with Crippen LogP contribution in [0.25, 0.3) is 0 Å². The van der Waals surface area contributed by atoms with Crippen LogP contribution in [0.4, 0.5) is 13.2 Å². The summed E-state index contributed by atoms with van der Waals surface area (Å²) < 4.78 is 63.7. The molecule has 3 nitrogen and oxygen atoms in total. The van der Waals surface area contributed by atoms with Gasteiger partial charge in [-0.2, -0.15) is 21.6 Å². The number of halogens is 4. The molecule has 8 heteroatoms. The molecule has 0 aliphatic heterocycles. The molecule has 0 amide bonds. The maximum Gasteiger partial charge on any atom is 0.523 e. The Labute approximate surface area is 117 Å². The first kappa shape index (κ1) is 14.8. The van der Waals surface area contributed by atoms with Crippen molar-refractivity contribution in [1.82, 2.24) is 0 Å². The second-order valence-electron chi connectivity index (χ2n) is 4.27. The van der Waals surface area contributed by atoms with Gasteiger partial charge in [-0.3, -0.25) is 4.18 Å². The number of aryl methyl sites for hydroxylation is 1. The number of alkyl halides is 3. The predicted octanol–water partition coefficient (Wildman–Crippen LogP) is 3.17. The Bertz CT molecular complexity index is 583. The zero-order valence-electron chi connectivity index (χ0n) is 9.58. The Morgan fingerprint density at radius 1 is 1.26 bits per heavy atom. The van der Waals surface area contributed by atoms with Crippen molar-refractivity contribution < 1.29 is 25.8 Å². The highest BCUT2D eigenvalue weighted by Crippen LogP contribution is 2.31. The summed E-state index contributed by atoms with van der Waals surface area (Å²) in [4.78, 5) is 0. The number of rotatable bonds is 2. The molecule has 0 aromatic heterocycles. The Morgan fingerprint density at radius 2 is 1.95 bits per heavy atom. The molecule has 2 rings (SSSR count). The fraction of sp³-hybridized carbons (Fsp3) is 0.455. The van der Waals surface area contributed by atoms with E-state index < -0.39 is 21.7 Å². The first-order valence-electron chi connectivity index (χ1n) is 5.46. The molecule has 19 heavy (non-hydrogen) atoms. The summed E-state index contributed by atoms with van der Waals surface area (Å²) in [6.07, 6.45) is -0.0518. The average Bonchev–Trinajstić information content (AvgIpc) is 2.27. The molecule has 1 atom stereocenters. The third-order valence-electron chi connectivity index (χ3n) is 2.90. The van der Waals surface area contributed by atoms with Gasteiger partial charge in [-0.15, -0.1) is 0 Å². The lowest BCUT2D eigenvalue weighted by atomic mass is 9.90. The highest BCUT2D eigenvalue weighted by atomic mass is 79.9. The Morgan fingerprint density at radius 3 is 2.58 bits per heavy atom. The van der Waals surface area contributed by atoms with Gasteiger partial charge in [0.1, 0.15) is 0 Å². The summed E-state index contributed by atoms with van der Waals surface area (Å²) >= 11 is 3.30. The van der Waals surface area contributed by atoms with Crippen molar-refractivity contribution >= 4 is 26.0 Å². The number of fused-ring (bicyclic) bond motifs is 1. The van der Waals surface area contributed by atoms with Crippen LogP contribution in [0.3, 0.4) is 0 Å². The monoisotopic (exact) mass is 358 g/mol. The lowest BCUT2D eigenvalue weighted by molar-refractivity contribution is -0.0577. The summed E-state index contributed by atoms with van der Waals surface area (Å²) in [5.74, 6) is 0. The molecule has 0 bridgehead atoms. The van der Waals surface area contributed by atoms with E-state index in [1.165, 1.54) is 0 Å². The molecular weight excluding hydrogens is 349 g/mol. The van der Waals surface area contributed by atoms with Crippen molar-refractivity contribution in [1.29, 1.82) is 0 Å². The normalized spacial score (nSPS) is 20.1. The lowest BCUT2D eigenvalue weighted by Crippen LogP contribution is -2.33. The van der Waals surface area contributed by atoms with Gasteiger partial charge in [-0.05, 0) is 36.1 Å². The molecule has 1 unspecified atom stereocenters. The van der Waals surface area contributed by atoms with Crippen LogP contribution in [0.2, 0.25) is 0 Å². The largest absolute Gasteiger partial charge is 0.523 e. The Hall–Kier alpha value is -0.600. The predicted molar refractivity (Wildman–Crippen MR) is 66.0 cm³/mol. The van der Waals surface area contributed by atoms with Crippen LogP contribution in [0.15, 0.2) is 22.7 Å². The first-order valence-corrected chi connectivity index (χ1v) is 7.66.